The van der Waals surface area contributed by atoms with Crippen molar-refractivity contribution in [3.05, 3.63) is 47.5 Å². The average molecular weight is 390 g/mol. The van der Waals surface area contributed by atoms with Gasteiger partial charge in [-0.3, -0.25) is 5.32 Å². The molecule has 3 rings (SSSR count). The first-order valence-electron chi connectivity index (χ1n) is 8.44. The van der Waals surface area contributed by atoms with Crippen LogP contribution in [0.25, 0.3) is 0 Å². The van der Waals surface area contributed by atoms with Crippen molar-refractivity contribution >= 4 is 23.3 Å². The predicted molar refractivity (Wildman–Crippen MR) is 108 cm³/mol. The van der Waals surface area contributed by atoms with E-state index in [4.69, 9.17) is 26.2 Å². The molecule has 29 heavy (non-hydrogen) atoms. The second-order valence-corrected chi connectivity index (χ2v) is 5.91. The number of rotatable bonds is 5. The third-order valence-corrected chi connectivity index (χ3v) is 4.22. The third kappa shape index (κ3) is 3.55. The number of anilines is 3. The van der Waals surface area contributed by atoms with Crippen molar-refractivity contribution in [2.45, 2.75) is 6.04 Å². The summed E-state index contributed by atoms with van der Waals surface area (Å²) in [5.74, 6) is 1.48. The molecule has 1 aromatic carbocycles. The van der Waals surface area contributed by atoms with Crippen LogP contribution in [0.5, 0.6) is 11.5 Å². The number of pyridine rings is 1. The Balaban J connectivity index is 2.19. The van der Waals surface area contributed by atoms with E-state index in [9.17, 15) is 5.26 Å². The highest BCUT2D eigenvalue weighted by atomic mass is 16.5. The zero-order valence-electron chi connectivity index (χ0n) is 15.6. The Morgan fingerprint density at radius 1 is 1.34 bits per heavy atom. The number of ether oxygens (including phenoxy) is 2. The van der Waals surface area contributed by atoms with Crippen LogP contribution >= 0.6 is 0 Å². The summed E-state index contributed by atoms with van der Waals surface area (Å²) < 4.78 is 11.0. The van der Waals surface area contributed by atoms with Crippen molar-refractivity contribution < 1.29 is 9.47 Å². The minimum absolute atomic E-state index is 0.0158. The molecule has 2 heterocycles. The summed E-state index contributed by atoms with van der Waals surface area (Å²) in [5.41, 5.74) is 13.5. The monoisotopic (exact) mass is 390 g/mol. The lowest BCUT2D eigenvalue weighted by molar-refractivity contribution is 0.326. The molecular formula is C19H18N8O2. The Morgan fingerprint density at radius 3 is 2.79 bits per heavy atom. The van der Waals surface area contributed by atoms with Gasteiger partial charge in [0.1, 0.15) is 35.9 Å². The SMILES string of the molecule is C=CCOc1cc(C2N=C(NC#N)Nc3nc(N)c(C#N)c(N)c32)ccc1OC. The third-order valence-electron chi connectivity index (χ3n) is 4.22. The fraction of sp³-hybridized carbons (Fsp3) is 0.158. The lowest BCUT2D eigenvalue weighted by atomic mass is 9.95. The van der Waals surface area contributed by atoms with Crippen molar-refractivity contribution in [2.24, 2.45) is 4.99 Å². The van der Waals surface area contributed by atoms with Crippen LogP contribution in [-0.4, -0.2) is 24.7 Å². The molecule has 0 fully saturated rings. The first-order valence-corrected chi connectivity index (χ1v) is 8.44. The van der Waals surface area contributed by atoms with E-state index in [0.29, 0.717) is 28.4 Å². The van der Waals surface area contributed by atoms with E-state index in [1.54, 1.807) is 24.3 Å². The molecule has 2 aromatic rings. The minimum atomic E-state index is -0.667. The number of hydrogen-bond donors (Lipinski definition) is 4. The van der Waals surface area contributed by atoms with Gasteiger partial charge in [0.15, 0.2) is 17.7 Å². The highest BCUT2D eigenvalue weighted by Crippen LogP contribution is 2.42. The Kier molecular flexibility index (Phi) is 5.37. The van der Waals surface area contributed by atoms with Crippen LogP contribution in [0.4, 0.5) is 17.3 Å². The summed E-state index contributed by atoms with van der Waals surface area (Å²) in [7, 11) is 1.53. The van der Waals surface area contributed by atoms with Gasteiger partial charge in [-0.05, 0) is 17.7 Å². The molecule has 1 aliphatic heterocycles. The number of aliphatic imine (C=N–C) groups is 1. The topological polar surface area (TPSA) is 167 Å². The lowest BCUT2D eigenvalue weighted by Gasteiger charge is -2.26. The number of methoxy groups -OCH3 is 1. The van der Waals surface area contributed by atoms with E-state index in [2.05, 4.69) is 27.2 Å². The first-order chi connectivity index (χ1) is 14.0. The molecule has 10 nitrogen and oxygen atoms in total. The highest BCUT2D eigenvalue weighted by Gasteiger charge is 2.30. The number of nitrogens with zero attached hydrogens (tertiary/aromatic N) is 4. The van der Waals surface area contributed by atoms with E-state index in [1.165, 1.54) is 7.11 Å². The molecule has 1 unspecified atom stereocenters. The maximum atomic E-state index is 9.40. The maximum Gasteiger partial charge on any atom is 0.211 e. The minimum Gasteiger partial charge on any atom is -0.493 e. The van der Waals surface area contributed by atoms with Gasteiger partial charge in [-0.1, -0.05) is 18.7 Å². The number of aromatic nitrogens is 1. The van der Waals surface area contributed by atoms with Gasteiger partial charge in [0.05, 0.1) is 12.8 Å². The summed E-state index contributed by atoms with van der Waals surface area (Å²) >= 11 is 0. The summed E-state index contributed by atoms with van der Waals surface area (Å²) in [6.07, 6.45) is 3.42. The van der Waals surface area contributed by atoms with E-state index >= 15 is 0 Å². The molecule has 1 aromatic heterocycles. The Bertz CT molecular complexity index is 1080. The number of guanidine groups is 1. The zero-order chi connectivity index (χ0) is 21.0. The number of nitrogen functional groups attached to an aromatic ring is 2. The smallest absolute Gasteiger partial charge is 0.211 e. The number of hydrogen-bond acceptors (Lipinski definition) is 10. The van der Waals surface area contributed by atoms with Crippen molar-refractivity contribution in [3.63, 3.8) is 0 Å². The van der Waals surface area contributed by atoms with Crippen LogP contribution in [0.15, 0.2) is 35.8 Å². The normalized spacial score (nSPS) is 14.3. The highest BCUT2D eigenvalue weighted by molar-refractivity contribution is 5.98. The number of fused-ring (bicyclic) bond motifs is 1. The van der Waals surface area contributed by atoms with Gasteiger partial charge in [-0.25, -0.2) is 9.98 Å². The second-order valence-electron chi connectivity index (χ2n) is 5.91. The molecule has 146 valence electrons. The molecule has 0 saturated carbocycles. The summed E-state index contributed by atoms with van der Waals surface area (Å²) in [5, 5.41) is 23.7. The summed E-state index contributed by atoms with van der Waals surface area (Å²) in [4.78, 5) is 8.74. The van der Waals surface area contributed by atoms with Crippen molar-refractivity contribution in [3.8, 4) is 23.8 Å². The predicted octanol–water partition coefficient (Wildman–Crippen LogP) is 1.63. The van der Waals surface area contributed by atoms with Gasteiger partial charge < -0.3 is 26.3 Å². The van der Waals surface area contributed by atoms with Gasteiger partial charge in [0, 0.05) is 5.56 Å². The van der Waals surface area contributed by atoms with Crippen molar-refractivity contribution in [2.75, 3.05) is 30.5 Å². The standard InChI is InChI=1S/C19H18N8O2/c1-3-6-29-13-7-10(4-5-12(13)28-2)16-14-15(22)11(8-20)17(23)26-18(14)27-19(25-16)24-9-21/h3-5,7,16H,1,6H2,2H3,(H6,22,23,24,25,26,27). The zero-order valence-corrected chi connectivity index (χ0v) is 15.6. The molecule has 10 heteroatoms. The number of nitriles is 2. The molecule has 0 bridgehead atoms. The van der Waals surface area contributed by atoms with Crippen LogP contribution in [0, 0.1) is 22.8 Å². The molecule has 0 spiro atoms. The Morgan fingerprint density at radius 2 is 2.14 bits per heavy atom. The van der Waals surface area contributed by atoms with Gasteiger partial charge >= 0.3 is 0 Å². The van der Waals surface area contributed by atoms with Crippen LogP contribution in [0.2, 0.25) is 0 Å². The molecule has 0 amide bonds. The molecule has 1 atom stereocenters. The Labute approximate surface area is 167 Å². The Hall–Kier alpha value is -4.44. The lowest BCUT2D eigenvalue weighted by Crippen LogP contribution is -2.32. The van der Waals surface area contributed by atoms with Crippen LogP contribution in [0.1, 0.15) is 22.7 Å². The fourth-order valence-corrected chi connectivity index (χ4v) is 2.95. The van der Waals surface area contributed by atoms with Crippen molar-refractivity contribution in [1.82, 2.24) is 10.3 Å². The number of nitrogens with two attached hydrogens (primary N) is 2. The van der Waals surface area contributed by atoms with Crippen LogP contribution < -0.4 is 31.6 Å². The van der Waals surface area contributed by atoms with Gasteiger partial charge in [0.25, 0.3) is 0 Å². The largest absolute Gasteiger partial charge is 0.493 e. The number of benzene rings is 1. The first kappa shape index (κ1) is 19.3. The molecule has 0 radical (unpaired) electrons. The van der Waals surface area contributed by atoms with E-state index in [0.717, 1.165) is 0 Å². The van der Waals surface area contributed by atoms with E-state index in [1.807, 2.05) is 12.3 Å². The molecule has 6 N–H and O–H groups in total. The molecule has 1 aliphatic rings. The quantitative estimate of drug-likeness (QED) is 0.337. The molecule has 0 aliphatic carbocycles. The van der Waals surface area contributed by atoms with Crippen molar-refractivity contribution in [1.29, 1.82) is 10.5 Å². The molecule has 0 saturated heterocycles. The van der Waals surface area contributed by atoms with E-state index in [-0.39, 0.29) is 29.6 Å². The maximum absolute atomic E-state index is 9.40. The molecular weight excluding hydrogens is 372 g/mol. The van der Waals surface area contributed by atoms with Crippen LogP contribution in [0.3, 0.4) is 0 Å². The van der Waals surface area contributed by atoms with Gasteiger partial charge in [0.2, 0.25) is 5.96 Å². The van der Waals surface area contributed by atoms with Gasteiger partial charge in [-0.15, -0.1) is 0 Å². The number of nitrogens with one attached hydrogen (secondary N) is 2. The summed E-state index contributed by atoms with van der Waals surface area (Å²) in [6.45, 7) is 3.92. The summed E-state index contributed by atoms with van der Waals surface area (Å²) in [6, 6.07) is 6.56. The second kappa shape index (κ2) is 8.06. The van der Waals surface area contributed by atoms with E-state index < -0.39 is 6.04 Å². The fourth-order valence-electron chi connectivity index (χ4n) is 2.95. The van der Waals surface area contributed by atoms with Gasteiger partial charge in [-0.2, -0.15) is 10.5 Å². The average Bonchev–Trinajstić information content (AvgIpc) is 2.71. The van der Waals surface area contributed by atoms with Crippen LogP contribution in [-0.2, 0) is 0 Å².